The summed E-state index contributed by atoms with van der Waals surface area (Å²) in [5, 5.41) is 10.9. The van der Waals surface area contributed by atoms with Gasteiger partial charge in [-0.25, -0.2) is 4.79 Å². The van der Waals surface area contributed by atoms with Crippen molar-refractivity contribution in [2.24, 2.45) is 0 Å². The maximum Gasteiger partial charge on any atom is 0.471 e. The summed E-state index contributed by atoms with van der Waals surface area (Å²) in [6.07, 6.45) is -5.11. The second-order valence-electron chi connectivity index (χ2n) is 4.50. The Kier molecular flexibility index (Phi) is 4.67. The molecule has 0 saturated heterocycles. The molecule has 4 nitrogen and oxygen atoms in total. The van der Waals surface area contributed by atoms with E-state index in [4.69, 9.17) is 11.6 Å². The molecular formula is C14H9ClF3NO3S. The molecule has 1 aromatic heterocycles. The highest BCUT2D eigenvalue weighted by Crippen LogP contribution is 2.41. The molecule has 0 atom stereocenters. The lowest BCUT2D eigenvalue weighted by Crippen LogP contribution is -2.30. The minimum absolute atomic E-state index is 0.225. The molecule has 1 amide bonds. The van der Waals surface area contributed by atoms with Gasteiger partial charge in [0.2, 0.25) is 0 Å². The molecule has 1 heterocycles. The second kappa shape index (κ2) is 6.21. The number of alkyl halides is 3. The Morgan fingerprint density at radius 2 is 1.96 bits per heavy atom. The molecule has 0 aliphatic carbocycles. The van der Waals surface area contributed by atoms with Crippen LogP contribution in [0.4, 0.5) is 18.2 Å². The van der Waals surface area contributed by atoms with Crippen LogP contribution >= 0.6 is 22.9 Å². The van der Waals surface area contributed by atoms with Crippen molar-refractivity contribution in [3.8, 4) is 11.1 Å². The highest BCUT2D eigenvalue weighted by Gasteiger charge is 2.40. The summed E-state index contributed by atoms with van der Waals surface area (Å²) in [6, 6.07) is 6.26. The van der Waals surface area contributed by atoms with Crippen LogP contribution in [0.5, 0.6) is 0 Å². The van der Waals surface area contributed by atoms with Crippen LogP contribution in [0.2, 0.25) is 5.02 Å². The minimum Gasteiger partial charge on any atom is -0.478 e. The van der Waals surface area contributed by atoms with Crippen molar-refractivity contribution in [2.75, 3.05) is 5.32 Å². The molecule has 2 N–H and O–H groups in total. The summed E-state index contributed by atoms with van der Waals surface area (Å²) >= 11 is 6.63. The van der Waals surface area contributed by atoms with Crippen molar-refractivity contribution in [3.63, 3.8) is 0 Å². The van der Waals surface area contributed by atoms with Crippen molar-refractivity contribution in [1.82, 2.24) is 0 Å². The number of nitrogens with one attached hydrogen (secondary N) is 1. The number of halogens is 4. The maximum atomic E-state index is 12.4. The van der Waals surface area contributed by atoms with Crippen LogP contribution in [0.1, 0.15) is 15.2 Å². The fraction of sp³-hybridized carbons (Fsp3) is 0.143. The molecule has 2 rings (SSSR count). The molecule has 0 bridgehead atoms. The van der Waals surface area contributed by atoms with E-state index >= 15 is 0 Å². The fourth-order valence-electron chi connectivity index (χ4n) is 2.00. The predicted octanol–water partition coefficient (Wildman–Crippen LogP) is 4.58. The molecule has 9 heteroatoms. The third-order valence-corrected chi connectivity index (χ3v) is 4.15. The average Bonchev–Trinajstić information content (AvgIpc) is 2.74. The summed E-state index contributed by atoms with van der Waals surface area (Å²) in [4.78, 5) is 23.0. The Labute approximate surface area is 137 Å². The summed E-state index contributed by atoms with van der Waals surface area (Å²) in [6.45, 7) is 1.55. The van der Waals surface area contributed by atoms with Gasteiger partial charge in [0.05, 0.1) is 0 Å². The van der Waals surface area contributed by atoms with Crippen LogP contribution in [0, 0.1) is 6.92 Å². The van der Waals surface area contributed by atoms with Gasteiger partial charge in [0.15, 0.2) is 0 Å². The molecule has 0 radical (unpaired) electrons. The van der Waals surface area contributed by atoms with Crippen molar-refractivity contribution >= 4 is 39.8 Å². The van der Waals surface area contributed by atoms with Crippen LogP contribution < -0.4 is 5.32 Å². The highest BCUT2D eigenvalue weighted by atomic mass is 35.5. The second-order valence-corrected chi connectivity index (χ2v) is 6.17. The third-order valence-electron chi connectivity index (χ3n) is 2.90. The first kappa shape index (κ1) is 17.3. The first-order chi connectivity index (χ1) is 10.6. The van der Waals surface area contributed by atoms with Crippen LogP contribution in [0.15, 0.2) is 24.3 Å². The minimum atomic E-state index is -5.11. The number of carboxylic acids is 1. The van der Waals surface area contributed by atoms with Crippen LogP contribution in [0.3, 0.4) is 0 Å². The van der Waals surface area contributed by atoms with Crippen molar-refractivity contribution in [3.05, 3.63) is 39.7 Å². The predicted molar refractivity (Wildman–Crippen MR) is 81.1 cm³/mol. The number of aryl methyl sites for hydroxylation is 1. The number of benzene rings is 1. The molecule has 0 spiro atoms. The lowest BCUT2D eigenvalue weighted by molar-refractivity contribution is -0.167. The van der Waals surface area contributed by atoms with Gasteiger partial charge >= 0.3 is 18.1 Å². The summed E-state index contributed by atoms with van der Waals surface area (Å²) in [5.74, 6) is -3.67. The van der Waals surface area contributed by atoms with Crippen LogP contribution in [-0.2, 0) is 4.79 Å². The first-order valence-electron chi connectivity index (χ1n) is 6.12. The van der Waals surface area contributed by atoms with E-state index < -0.39 is 23.6 Å². The van der Waals surface area contributed by atoms with Gasteiger partial charge in [0.25, 0.3) is 0 Å². The third kappa shape index (κ3) is 3.65. The molecule has 0 fully saturated rings. The van der Waals surface area contributed by atoms with E-state index in [1.54, 1.807) is 30.4 Å². The standard InChI is InChI=1S/C14H9ClF3NO3S/c1-6-9(7-3-2-4-8(15)5-7)10(12(20)21)11(23-6)19-13(22)14(16,17)18/h2-5H,1H3,(H,19,22)(H,20,21). The Balaban J connectivity index is 2.57. The largest absolute Gasteiger partial charge is 0.478 e. The number of carbonyl (C=O) groups excluding carboxylic acids is 1. The van der Waals surface area contributed by atoms with E-state index in [0.29, 0.717) is 15.5 Å². The molecule has 23 heavy (non-hydrogen) atoms. The Bertz CT molecular complexity index is 786. The van der Waals surface area contributed by atoms with E-state index in [0.717, 1.165) is 11.3 Å². The zero-order valence-corrected chi connectivity index (χ0v) is 13.1. The van der Waals surface area contributed by atoms with Gasteiger partial charge in [-0.2, -0.15) is 13.2 Å². The molecule has 122 valence electrons. The molecule has 0 aliphatic rings. The SMILES string of the molecule is Cc1sc(NC(=O)C(F)(F)F)c(C(=O)O)c1-c1cccc(Cl)c1. The fourth-order valence-corrected chi connectivity index (χ4v) is 3.26. The molecule has 0 unspecified atom stereocenters. The van der Waals surface area contributed by atoms with Crippen LogP contribution in [0.25, 0.3) is 11.1 Å². The van der Waals surface area contributed by atoms with E-state index in [2.05, 4.69) is 0 Å². The van der Waals surface area contributed by atoms with Crippen molar-refractivity contribution in [1.29, 1.82) is 0 Å². The molecule has 0 saturated carbocycles. The summed E-state index contributed by atoms with van der Waals surface area (Å²) < 4.78 is 37.1. The monoisotopic (exact) mass is 363 g/mol. The topological polar surface area (TPSA) is 66.4 Å². The molecular weight excluding hydrogens is 355 g/mol. The van der Waals surface area contributed by atoms with Gasteiger partial charge in [0, 0.05) is 15.5 Å². The smallest absolute Gasteiger partial charge is 0.471 e. The number of carbonyl (C=O) groups is 2. The number of anilines is 1. The number of thiophene rings is 1. The molecule has 1 aromatic carbocycles. The van der Waals surface area contributed by atoms with Crippen molar-refractivity contribution in [2.45, 2.75) is 13.1 Å². The zero-order chi connectivity index (χ0) is 17.4. The van der Waals surface area contributed by atoms with Gasteiger partial charge in [0.1, 0.15) is 10.6 Å². The number of amides is 1. The molecule has 0 aliphatic heterocycles. The lowest BCUT2D eigenvalue weighted by atomic mass is 10.0. The number of rotatable bonds is 3. The first-order valence-corrected chi connectivity index (χ1v) is 7.31. The van der Waals surface area contributed by atoms with E-state index in [1.165, 1.54) is 6.07 Å². The van der Waals surface area contributed by atoms with E-state index in [9.17, 15) is 27.9 Å². The number of hydrogen-bond donors (Lipinski definition) is 2. The van der Waals surface area contributed by atoms with Crippen molar-refractivity contribution < 1.29 is 27.9 Å². The number of carboxylic acid groups (broad SMARTS) is 1. The zero-order valence-electron chi connectivity index (χ0n) is 11.5. The summed E-state index contributed by atoms with van der Waals surface area (Å²) in [7, 11) is 0. The Hall–Kier alpha value is -2.06. The van der Waals surface area contributed by atoms with E-state index in [1.807, 2.05) is 0 Å². The average molecular weight is 364 g/mol. The maximum absolute atomic E-state index is 12.4. The summed E-state index contributed by atoms with van der Waals surface area (Å²) in [5.41, 5.74) is 0.269. The Morgan fingerprint density at radius 1 is 1.30 bits per heavy atom. The number of hydrogen-bond acceptors (Lipinski definition) is 3. The van der Waals surface area contributed by atoms with Gasteiger partial charge in [-0.05, 0) is 24.6 Å². The molecule has 2 aromatic rings. The number of aromatic carboxylic acids is 1. The normalized spacial score (nSPS) is 11.3. The van der Waals surface area contributed by atoms with Gasteiger partial charge in [-0.3, -0.25) is 4.79 Å². The Morgan fingerprint density at radius 3 is 2.48 bits per heavy atom. The van der Waals surface area contributed by atoms with Gasteiger partial charge in [-0.1, -0.05) is 23.7 Å². The van der Waals surface area contributed by atoms with Gasteiger partial charge < -0.3 is 10.4 Å². The van der Waals surface area contributed by atoms with Crippen LogP contribution in [-0.4, -0.2) is 23.2 Å². The quantitative estimate of drug-likeness (QED) is 0.839. The highest BCUT2D eigenvalue weighted by molar-refractivity contribution is 7.17. The van der Waals surface area contributed by atoms with Gasteiger partial charge in [-0.15, -0.1) is 11.3 Å². The lowest BCUT2D eigenvalue weighted by Gasteiger charge is -2.08. The van der Waals surface area contributed by atoms with E-state index in [-0.39, 0.29) is 10.6 Å².